The van der Waals surface area contributed by atoms with Gasteiger partial charge in [0.2, 0.25) is 0 Å². The number of H-pyrrole nitrogens is 1. The number of anilines is 1. The minimum atomic E-state index is -0.911. The smallest absolute Gasteiger partial charge is 0.0540 e. The maximum atomic E-state index is 11.4. The topological polar surface area (TPSA) is 57.8 Å². The highest BCUT2D eigenvalue weighted by Gasteiger charge is 2.19. The van der Waals surface area contributed by atoms with E-state index in [4.69, 9.17) is 11.6 Å². The van der Waals surface area contributed by atoms with Crippen LogP contribution in [0.25, 0.3) is 0 Å². The highest BCUT2D eigenvalue weighted by Crippen LogP contribution is 2.25. The van der Waals surface area contributed by atoms with E-state index in [0.29, 0.717) is 17.3 Å². The van der Waals surface area contributed by atoms with Gasteiger partial charge in [0.1, 0.15) is 0 Å². The standard InChI is InChI=1S/C16H22ClN3OS/c1-16(2,3)15-12(9-19-20-15)8-18-13-5-6-14(17)11(7-13)10-22(4)21/h5-7,9,18H,8,10H2,1-4H3,(H,19,20)/t22-/m1/s1. The molecule has 0 aliphatic rings. The van der Waals surface area contributed by atoms with E-state index in [2.05, 4.69) is 36.3 Å². The van der Waals surface area contributed by atoms with Crippen LogP contribution >= 0.6 is 11.6 Å². The summed E-state index contributed by atoms with van der Waals surface area (Å²) in [6.07, 6.45) is 3.53. The van der Waals surface area contributed by atoms with Crippen LogP contribution in [0.1, 0.15) is 37.6 Å². The monoisotopic (exact) mass is 339 g/mol. The molecule has 2 rings (SSSR count). The third-order valence-electron chi connectivity index (χ3n) is 3.36. The highest BCUT2D eigenvalue weighted by atomic mass is 35.5. The number of hydrogen-bond donors (Lipinski definition) is 2. The number of aromatic nitrogens is 2. The second kappa shape index (κ2) is 6.84. The Labute approximate surface area is 139 Å². The van der Waals surface area contributed by atoms with Crippen molar-refractivity contribution in [1.29, 1.82) is 0 Å². The van der Waals surface area contributed by atoms with Crippen LogP contribution in [0.4, 0.5) is 5.69 Å². The molecule has 0 aliphatic carbocycles. The summed E-state index contributed by atoms with van der Waals surface area (Å²) in [7, 11) is -0.911. The van der Waals surface area contributed by atoms with Gasteiger partial charge in [0.05, 0.1) is 6.20 Å². The van der Waals surface area contributed by atoms with Crippen molar-refractivity contribution < 1.29 is 4.21 Å². The van der Waals surface area contributed by atoms with Gasteiger partial charge in [-0.2, -0.15) is 5.10 Å². The van der Waals surface area contributed by atoms with Crippen LogP contribution in [0.5, 0.6) is 0 Å². The molecule has 2 aromatic rings. The Hall–Kier alpha value is -1.33. The average Bonchev–Trinajstić information content (AvgIpc) is 2.87. The minimum Gasteiger partial charge on any atom is -0.381 e. The van der Waals surface area contributed by atoms with Crippen LogP contribution in [0, 0.1) is 0 Å². The number of benzene rings is 1. The van der Waals surface area contributed by atoms with Crippen molar-refractivity contribution in [3.05, 3.63) is 46.2 Å². The van der Waals surface area contributed by atoms with E-state index >= 15 is 0 Å². The van der Waals surface area contributed by atoms with Crippen molar-refractivity contribution >= 4 is 28.1 Å². The number of aromatic amines is 1. The summed E-state index contributed by atoms with van der Waals surface area (Å²) in [6, 6.07) is 5.73. The molecule has 0 aliphatic heterocycles. The van der Waals surface area contributed by atoms with Gasteiger partial charge in [0.15, 0.2) is 0 Å². The summed E-state index contributed by atoms with van der Waals surface area (Å²) >= 11 is 6.15. The Morgan fingerprint density at radius 2 is 2.05 bits per heavy atom. The van der Waals surface area contributed by atoms with E-state index in [9.17, 15) is 4.21 Å². The zero-order valence-electron chi connectivity index (χ0n) is 13.4. The van der Waals surface area contributed by atoms with Crippen LogP contribution < -0.4 is 5.32 Å². The molecular formula is C16H22ClN3OS. The molecule has 0 spiro atoms. The fourth-order valence-corrected chi connectivity index (χ4v) is 3.25. The van der Waals surface area contributed by atoms with Crippen molar-refractivity contribution in [3.63, 3.8) is 0 Å². The Kier molecular flexibility index (Phi) is 5.29. The molecule has 0 radical (unpaired) electrons. The molecule has 6 heteroatoms. The van der Waals surface area contributed by atoms with E-state index in [1.807, 2.05) is 24.4 Å². The summed E-state index contributed by atoms with van der Waals surface area (Å²) < 4.78 is 11.4. The zero-order chi connectivity index (χ0) is 16.3. The number of hydrogen-bond acceptors (Lipinski definition) is 3. The molecule has 0 amide bonds. The molecule has 4 nitrogen and oxygen atoms in total. The molecule has 1 aromatic carbocycles. The fraction of sp³-hybridized carbons (Fsp3) is 0.438. The summed E-state index contributed by atoms with van der Waals surface area (Å²) in [5.74, 6) is 0.466. The highest BCUT2D eigenvalue weighted by molar-refractivity contribution is 7.83. The molecule has 0 unspecified atom stereocenters. The number of rotatable bonds is 5. The first-order valence-corrected chi connectivity index (χ1v) is 9.23. The second-order valence-electron chi connectivity index (χ2n) is 6.40. The predicted octanol–water partition coefficient (Wildman–Crippen LogP) is 3.85. The third-order valence-corrected chi connectivity index (χ3v) is 4.44. The fourth-order valence-electron chi connectivity index (χ4n) is 2.31. The van der Waals surface area contributed by atoms with Crippen molar-refractivity contribution in [2.24, 2.45) is 0 Å². The first kappa shape index (κ1) is 17.0. The molecule has 120 valence electrons. The Balaban J connectivity index is 2.12. The quantitative estimate of drug-likeness (QED) is 0.869. The van der Waals surface area contributed by atoms with Crippen molar-refractivity contribution in [1.82, 2.24) is 10.2 Å². The summed E-state index contributed by atoms with van der Waals surface area (Å²) in [6.45, 7) is 7.14. The van der Waals surface area contributed by atoms with Gasteiger partial charge < -0.3 is 5.32 Å². The van der Waals surface area contributed by atoms with Crippen LogP contribution in [-0.2, 0) is 28.5 Å². The predicted molar refractivity (Wildman–Crippen MR) is 93.8 cm³/mol. The van der Waals surface area contributed by atoms with Gasteiger partial charge >= 0.3 is 0 Å². The third kappa shape index (κ3) is 4.34. The molecule has 1 atom stereocenters. The van der Waals surface area contributed by atoms with Gasteiger partial charge in [-0.1, -0.05) is 32.4 Å². The van der Waals surface area contributed by atoms with Crippen LogP contribution in [-0.4, -0.2) is 20.7 Å². The van der Waals surface area contributed by atoms with Gasteiger partial charge in [0, 0.05) is 56.7 Å². The van der Waals surface area contributed by atoms with Crippen molar-refractivity contribution in [2.45, 2.75) is 38.5 Å². The lowest BCUT2D eigenvalue weighted by atomic mass is 9.89. The Morgan fingerprint density at radius 3 is 2.68 bits per heavy atom. The van der Waals surface area contributed by atoms with Crippen LogP contribution in [0.2, 0.25) is 5.02 Å². The first-order chi connectivity index (χ1) is 10.3. The van der Waals surface area contributed by atoms with E-state index < -0.39 is 10.8 Å². The SMILES string of the molecule is C[S@@](=O)Cc1cc(NCc2cn[nH]c2C(C)(C)C)ccc1Cl. The Bertz CT molecular complexity index is 676. The lowest BCUT2D eigenvalue weighted by Gasteiger charge is -2.19. The zero-order valence-corrected chi connectivity index (χ0v) is 14.9. The molecule has 2 N–H and O–H groups in total. The lowest BCUT2D eigenvalue weighted by molar-refractivity contribution is 0.561. The Morgan fingerprint density at radius 1 is 1.32 bits per heavy atom. The molecule has 1 aromatic heterocycles. The van der Waals surface area contributed by atoms with Gasteiger partial charge in [-0.25, -0.2) is 0 Å². The first-order valence-electron chi connectivity index (χ1n) is 7.12. The molecule has 0 saturated carbocycles. The average molecular weight is 340 g/mol. The summed E-state index contributed by atoms with van der Waals surface area (Å²) in [4.78, 5) is 0. The van der Waals surface area contributed by atoms with Crippen molar-refractivity contribution in [3.8, 4) is 0 Å². The number of nitrogens with zero attached hydrogens (tertiary/aromatic N) is 1. The summed E-state index contributed by atoms with van der Waals surface area (Å²) in [5, 5.41) is 11.3. The second-order valence-corrected chi connectivity index (χ2v) is 8.24. The molecule has 1 heterocycles. The number of nitrogens with one attached hydrogen (secondary N) is 2. The minimum absolute atomic E-state index is 0.0256. The van der Waals surface area contributed by atoms with Crippen LogP contribution in [0.3, 0.4) is 0 Å². The normalized spacial score (nSPS) is 13.1. The van der Waals surface area contributed by atoms with E-state index in [1.165, 1.54) is 0 Å². The molecule has 0 bridgehead atoms. The van der Waals surface area contributed by atoms with Gasteiger partial charge in [-0.15, -0.1) is 0 Å². The van der Waals surface area contributed by atoms with E-state index in [-0.39, 0.29) is 5.41 Å². The molecule has 0 fully saturated rings. The molecule has 22 heavy (non-hydrogen) atoms. The maximum absolute atomic E-state index is 11.4. The van der Waals surface area contributed by atoms with E-state index in [1.54, 1.807) is 6.26 Å². The van der Waals surface area contributed by atoms with E-state index in [0.717, 1.165) is 22.5 Å². The largest absolute Gasteiger partial charge is 0.381 e. The van der Waals surface area contributed by atoms with Crippen molar-refractivity contribution in [2.75, 3.05) is 11.6 Å². The summed E-state index contributed by atoms with van der Waals surface area (Å²) in [5.41, 5.74) is 4.16. The maximum Gasteiger partial charge on any atom is 0.0540 e. The van der Waals surface area contributed by atoms with Gasteiger partial charge in [-0.3, -0.25) is 9.31 Å². The molecule has 0 saturated heterocycles. The van der Waals surface area contributed by atoms with Gasteiger partial charge in [-0.05, 0) is 23.8 Å². The number of halogens is 1. The lowest BCUT2D eigenvalue weighted by Crippen LogP contribution is -2.15. The van der Waals surface area contributed by atoms with Gasteiger partial charge in [0.25, 0.3) is 0 Å². The molecular weight excluding hydrogens is 318 g/mol. The van der Waals surface area contributed by atoms with Crippen LogP contribution in [0.15, 0.2) is 24.4 Å².